The topological polar surface area (TPSA) is 66.4 Å². The molecule has 1 aliphatic heterocycles. The molecule has 140 valence electrons. The Hall–Kier alpha value is -2.46. The van der Waals surface area contributed by atoms with Crippen LogP contribution in [0.5, 0.6) is 0 Å². The first kappa shape index (κ1) is 17.9. The lowest BCUT2D eigenvalue weighted by molar-refractivity contribution is -0.133. The van der Waals surface area contributed by atoms with Gasteiger partial charge in [-0.05, 0) is 37.3 Å². The van der Waals surface area contributed by atoms with Gasteiger partial charge in [-0.2, -0.15) is 0 Å². The Balaban J connectivity index is 1.54. The number of fused-ring (bicyclic) bond motifs is 1. The molecule has 1 saturated carbocycles. The molecular formula is C23H25NO3. The third kappa shape index (κ3) is 3.30. The molecular weight excluding hydrogens is 338 g/mol. The van der Waals surface area contributed by atoms with Crippen LogP contribution >= 0.6 is 0 Å². The average Bonchev–Trinajstić information content (AvgIpc) is 2.93. The summed E-state index contributed by atoms with van der Waals surface area (Å²) in [6, 6.07) is 13.1. The smallest absolute Gasteiger partial charge is 0.261 e. The summed E-state index contributed by atoms with van der Waals surface area (Å²) in [5, 5.41) is 13.7. The van der Waals surface area contributed by atoms with E-state index >= 15 is 0 Å². The van der Waals surface area contributed by atoms with Gasteiger partial charge in [0.05, 0.1) is 6.42 Å². The molecule has 1 atom stereocenters. The van der Waals surface area contributed by atoms with E-state index in [0.29, 0.717) is 22.7 Å². The second kappa shape index (κ2) is 6.93. The van der Waals surface area contributed by atoms with Gasteiger partial charge in [0, 0.05) is 16.8 Å². The van der Waals surface area contributed by atoms with Gasteiger partial charge in [0.1, 0.15) is 0 Å². The molecule has 0 aromatic heterocycles. The molecule has 1 fully saturated rings. The molecule has 0 radical (unpaired) electrons. The SMILES string of the molecule is Cc1ccc2c(c1)[C@](O)(CC(=O)c1ccc(C3CCCCC3)cc1)C(=O)N2. The first-order valence-corrected chi connectivity index (χ1v) is 9.75. The Morgan fingerprint density at radius 1 is 1.11 bits per heavy atom. The number of aliphatic hydroxyl groups is 1. The number of anilines is 1. The number of nitrogens with one attached hydrogen (secondary N) is 1. The first-order valence-electron chi connectivity index (χ1n) is 9.75. The van der Waals surface area contributed by atoms with E-state index in [1.165, 1.54) is 37.7 Å². The minimum Gasteiger partial charge on any atom is -0.375 e. The number of hydrogen-bond donors (Lipinski definition) is 2. The normalized spacial score (nSPS) is 22.4. The van der Waals surface area contributed by atoms with E-state index in [1.807, 2.05) is 37.3 Å². The van der Waals surface area contributed by atoms with Crippen LogP contribution in [0.4, 0.5) is 5.69 Å². The fraction of sp³-hybridized carbons (Fsp3) is 0.391. The monoisotopic (exact) mass is 363 g/mol. The molecule has 2 aromatic carbocycles. The number of ketones is 1. The summed E-state index contributed by atoms with van der Waals surface area (Å²) >= 11 is 0. The van der Waals surface area contributed by atoms with Gasteiger partial charge in [-0.1, -0.05) is 61.2 Å². The van der Waals surface area contributed by atoms with E-state index in [-0.39, 0.29) is 12.2 Å². The Kier molecular flexibility index (Phi) is 4.60. The van der Waals surface area contributed by atoms with Crippen molar-refractivity contribution in [2.24, 2.45) is 0 Å². The van der Waals surface area contributed by atoms with Crippen molar-refractivity contribution in [3.63, 3.8) is 0 Å². The number of carbonyl (C=O) groups is 2. The minimum absolute atomic E-state index is 0.225. The van der Waals surface area contributed by atoms with Crippen molar-refractivity contribution in [2.75, 3.05) is 5.32 Å². The predicted octanol–water partition coefficient (Wildman–Crippen LogP) is 4.46. The van der Waals surface area contributed by atoms with Crippen molar-refractivity contribution in [3.8, 4) is 0 Å². The van der Waals surface area contributed by atoms with Crippen molar-refractivity contribution in [3.05, 3.63) is 64.7 Å². The van der Waals surface area contributed by atoms with Gasteiger partial charge in [0.25, 0.3) is 5.91 Å². The molecule has 4 nitrogen and oxygen atoms in total. The Labute approximate surface area is 159 Å². The van der Waals surface area contributed by atoms with Gasteiger partial charge >= 0.3 is 0 Å². The van der Waals surface area contributed by atoms with Gasteiger partial charge in [-0.25, -0.2) is 0 Å². The van der Waals surface area contributed by atoms with E-state index < -0.39 is 11.5 Å². The second-order valence-corrected chi connectivity index (χ2v) is 7.92. The molecule has 0 saturated heterocycles. The second-order valence-electron chi connectivity index (χ2n) is 7.92. The lowest BCUT2D eigenvalue weighted by Crippen LogP contribution is -2.36. The maximum absolute atomic E-state index is 12.8. The quantitative estimate of drug-likeness (QED) is 0.789. The summed E-state index contributed by atoms with van der Waals surface area (Å²) < 4.78 is 0. The summed E-state index contributed by atoms with van der Waals surface area (Å²) in [6.45, 7) is 1.90. The Morgan fingerprint density at radius 2 is 1.81 bits per heavy atom. The molecule has 0 bridgehead atoms. The van der Waals surface area contributed by atoms with E-state index in [9.17, 15) is 14.7 Å². The number of benzene rings is 2. The minimum atomic E-state index is -1.81. The summed E-state index contributed by atoms with van der Waals surface area (Å²) in [6.07, 6.45) is 6.03. The van der Waals surface area contributed by atoms with Crippen LogP contribution in [0.3, 0.4) is 0 Å². The third-order valence-corrected chi connectivity index (χ3v) is 5.97. The van der Waals surface area contributed by atoms with Gasteiger partial charge in [0.2, 0.25) is 0 Å². The highest BCUT2D eigenvalue weighted by atomic mass is 16.3. The number of aryl methyl sites for hydroxylation is 1. The van der Waals surface area contributed by atoms with Gasteiger partial charge in [0.15, 0.2) is 11.4 Å². The van der Waals surface area contributed by atoms with E-state index in [0.717, 1.165) is 5.56 Å². The van der Waals surface area contributed by atoms with Gasteiger partial charge in [-0.15, -0.1) is 0 Å². The predicted molar refractivity (Wildman–Crippen MR) is 105 cm³/mol. The summed E-state index contributed by atoms with van der Waals surface area (Å²) in [5.41, 5.74) is 2.02. The number of rotatable bonds is 4. The van der Waals surface area contributed by atoms with Crippen LogP contribution in [0.15, 0.2) is 42.5 Å². The van der Waals surface area contributed by atoms with Crippen LogP contribution in [-0.4, -0.2) is 16.8 Å². The van der Waals surface area contributed by atoms with E-state index in [1.54, 1.807) is 12.1 Å². The van der Waals surface area contributed by atoms with Crippen molar-refractivity contribution >= 4 is 17.4 Å². The average molecular weight is 363 g/mol. The highest BCUT2D eigenvalue weighted by molar-refractivity contribution is 6.09. The summed E-state index contributed by atoms with van der Waals surface area (Å²) in [4.78, 5) is 25.2. The molecule has 1 amide bonds. The van der Waals surface area contributed by atoms with Crippen LogP contribution < -0.4 is 5.32 Å². The zero-order valence-electron chi connectivity index (χ0n) is 15.6. The Morgan fingerprint density at radius 3 is 2.52 bits per heavy atom. The lowest BCUT2D eigenvalue weighted by Gasteiger charge is -2.22. The zero-order valence-corrected chi connectivity index (χ0v) is 15.6. The first-order chi connectivity index (χ1) is 13.0. The van der Waals surface area contributed by atoms with Crippen LogP contribution in [0.2, 0.25) is 0 Å². The molecule has 0 spiro atoms. The van der Waals surface area contributed by atoms with Crippen molar-refractivity contribution < 1.29 is 14.7 Å². The molecule has 1 aliphatic carbocycles. The molecule has 27 heavy (non-hydrogen) atoms. The van der Waals surface area contributed by atoms with Crippen molar-refractivity contribution in [1.29, 1.82) is 0 Å². The lowest BCUT2D eigenvalue weighted by atomic mass is 9.83. The van der Waals surface area contributed by atoms with Crippen molar-refractivity contribution in [1.82, 2.24) is 0 Å². The third-order valence-electron chi connectivity index (χ3n) is 5.97. The number of carbonyl (C=O) groups excluding carboxylic acids is 2. The maximum Gasteiger partial charge on any atom is 0.261 e. The van der Waals surface area contributed by atoms with E-state index in [4.69, 9.17) is 0 Å². The highest BCUT2D eigenvalue weighted by Crippen LogP contribution is 2.39. The number of hydrogen-bond acceptors (Lipinski definition) is 3. The molecule has 2 N–H and O–H groups in total. The van der Waals surface area contributed by atoms with Crippen LogP contribution in [0.1, 0.15) is 71.5 Å². The molecule has 4 heteroatoms. The molecule has 4 rings (SSSR count). The molecule has 1 heterocycles. The van der Waals surface area contributed by atoms with Crippen LogP contribution in [0.25, 0.3) is 0 Å². The van der Waals surface area contributed by atoms with Gasteiger partial charge in [-0.3, -0.25) is 9.59 Å². The number of amides is 1. The fourth-order valence-corrected chi connectivity index (χ4v) is 4.34. The fourth-order valence-electron chi connectivity index (χ4n) is 4.34. The highest BCUT2D eigenvalue weighted by Gasteiger charge is 2.46. The zero-order chi connectivity index (χ0) is 19.0. The largest absolute Gasteiger partial charge is 0.375 e. The Bertz CT molecular complexity index is 881. The van der Waals surface area contributed by atoms with Crippen molar-refractivity contribution in [2.45, 2.75) is 57.0 Å². The molecule has 0 unspecified atom stereocenters. The maximum atomic E-state index is 12.8. The van der Waals surface area contributed by atoms with Crippen LogP contribution in [0, 0.1) is 6.92 Å². The molecule has 2 aromatic rings. The standard InChI is InChI=1S/C23H25NO3/c1-15-7-12-20-19(13-15)23(27,22(26)24-20)14-21(25)18-10-8-17(9-11-18)16-5-3-2-4-6-16/h7-13,16,27H,2-6,14H2,1H3,(H,24,26)/t23-/m1/s1. The van der Waals surface area contributed by atoms with E-state index in [2.05, 4.69) is 5.32 Å². The number of Topliss-reactive ketones (excluding diaryl/α,β-unsaturated/α-hetero) is 1. The summed E-state index contributed by atoms with van der Waals surface area (Å²) in [5.74, 6) is -0.171. The summed E-state index contributed by atoms with van der Waals surface area (Å²) in [7, 11) is 0. The van der Waals surface area contributed by atoms with Gasteiger partial charge < -0.3 is 10.4 Å². The molecule has 2 aliphatic rings. The van der Waals surface area contributed by atoms with Crippen LogP contribution in [-0.2, 0) is 10.4 Å².